The summed E-state index contributed by atoms with van der Waals surface area (Å²) in [7, 11) is 0. The Morgan fingerprint density at radius 2 is 2.23 bits per heavy atom. The number of aromatic amines is 1. The van der Waals surface area contributed by atoms with Crippen molar-refractivity contribution in [2.45, 2.75) is 31.1 Å². The average Bonchev–Trinajstić information content (AvgIpc) is 2.77. The van der Waals surface area contributed by atoms with E-state index in [2.05, 4.69) is 4.18 Å². The zero-order chi connectivity index (χ0) is 16.5. The fourth-order valence-electron chi connectivity index (χ4n) is 1.91. The third kappa shape index (κ3) is 4.29. The molecule has 22 heavy (non-hydrogen) atoms. The van der Waals surface area contributed by atoms with Crippen molar-refractivity contribution in [1.29, 1.82) is 0 Å². The van der Waals surface area contributed by atoms with Crippen molar-refractivity contribution in [2.24, 2.45) is 0 Å². The minimum absolute atomic E-state index is 0.0857. The van der Waals surface area contributed by atoms with E-state index in [4.69, 9.17) is 14.5 Å². The monoisotopic (exact) mass is 356 g/mol. The maximum atomic E-state index is 11.6. The lowest BCUT2D eigenvalue weighted by atomic mass is 10.2. The molecular formula is C9H13N2O9PS. The van der Waals surface area contributed by atoms with Gasteiger partial charge in [0.25, 0.3) is 5.56 Å². The van der Waals surface area contributed by atoms with E-state index in [9.17, 15) is 24.7 Å². The number of nitrogens with one attached hydrogen (secondary N) is 1. The Morgan fingerprint density at radius 3 is 2.82 bits per heavy atom. The van der Waals surface area contributed by atoms with Crippen LogP contribution in [0.4, 0.5) is 0 Å². The van der Waals surface area contributed by atoms with Crippen LogP contribution in [0.3, 0.4) is 0 Å². The van der Waals surface area contributed by atoms with Crippen molar-refractivity contribution in [3.8, 4) is 0 Å². The summed E-state index contributed by atoms with van der Waals surface area (Å²) < 4.78 is 10.7. The molecule has 2 heterocycles. The van der Waals surface area contributed by atoms with Crippen molar-refractivity contribution in [2.75, 3.05) is 0 Å². The predicted molar refractivity (Wildman–Crippen MR) is 71.7 cm³/mol. The summed E-state index contributed by atoms with van der Waals surface area (Å²) in [5, 5.41) is 19.5. The molecule has 5 N–H and O–H groups in total. The number of hydrogen-bond donors (Lipinski definition) is 5. The Hall–Kier alpha value is -0.950. The second-order valence-corrected chi connectivity index (χ2v) is 7.62. The molecule has 0 aromatic carbocycles. The number of aliphatic hydroxyl groups is 2. The summed E-state index contributed by atoms with van der Waals surface area (Å²) in [5.74, 6) is 0. The van der Waals surface area contributed by atoms with Crippen molar-refractivity contribution in [1.82, 2.24) is 9.55 Å². The molecule has 1 aromatic rings. The van der Waals surface area contributed by atoms with E-state index in [1.807, 2.05) is 4.98 Å². The van der Waals surface area contributed by atoms with Crippen LogP contribution in [-0.4, -0.2) is 48.0 Å². The SMILES string of the molecule is O=c1ccn([C@H]2C[C@H](O)[C@@H](C(O)O[S+]=P([O-])(O)O)O2)c(=O)[nH]1. The third-order valence-electron chi connectivity index (χ3n) is 2.82. The number of aliphatic hydroxyl groups excluding tert-OH is 2. The van der Waals surface area contributed by atoms with Gasteiger partial charge in [0.2, 0.25) is 6.29 Å². The quantitative estimate of drug-likeness (QED) is 0.159. The van der Waals surface area contributed by atoms with Crippen LogP contribution in [0.25, 0.3) is 0 Å². The fourth-order valence-corrected chi connectivity index (χ4v) is 2.82. The van der Waals surface area contributed by atoms with E-state index in [-0.39, 0.29) is 17.6 Å². The Kier molecular flexibility index (Phi) is 5.27. The Bertz CT molecular complexity index is 689. The number of hydrogen-bond acceptors (Lipinski definition) is 7. The van der Waals surface area contributed by atoms with Gasteiger partial charge >= 0.3 is 23.6 Å². The van der Waals surface area contributed by atoms with Gasteiger partial charge in [-0.05, 0) is 0 Å². The Balaban J connectivity index is 2.12. The maximum absolute atomic E-state index is 11.6. The highest BCUT2D eigenvalue weighted by Gasteiger charge is 2.42. The summed E-state index contributed by atoms with van der Waals surface area (Å²) in [6.07, 6.45) is -4.27. The zero-order valence-corrected chi connectivity index (χ0v) is 12.5. The van der Waals surface area contributed by atoms with Crippen LogP contribution in [0.1, 0.15) is 12.6 Å². The molecule has 0 amide bonds. The van der Waals surface area contributed by atoms with Crippen molar-refractivity contribution < 1.29 is 33.8 Å². The molecule has 1 saturated heterocycles. The van der Waals surface area contributed by atoms with Gasteiger partial charge in [0.15, 0.2) is 0 Å². The Morgan fingerprint density at radius 1 is 1.55 bits per heavy atom. The lowest BCUT2D eigenvalue weighted by Gasteiger charge is -2.17. The normalized spacial score (nSPS) is 26.9. The number of ether oxygens (including phenoxy) is 1. The molecule has 124 valence electrons. The van der Waals surface area contributed by atoms with Crippen LogP contribution in [0.5, 0.6) is 0 Å². The molecule has 1 aromatic heterocycles. The summed E-state index contributed by atoms with van der Waals surface area (Å²) >= 11 is -0.258. The molecule has 2 rings (SSSR count). The van der Waals surface area contributed by atoms with E-state index in [1.165, 1.54) is 6.20 Å². The van der Waals surface area contributed by atoms with E-state index < -0.39 is 42.7 Å². The van der Waals surface area contributed by atoms with Crippen LogP contribution < -0.4 is 16.1 Å². The Labute approximate surface area is 126 Å². The van der Waals surface area contributed by atoms with Gasteiger partial charge in [0.05, 0.1) is 6.10 Å². The molecule has 11 nitrogen and oxygen atoms in total. The first-order valence-corrected chi connectivity index (χ1v) is 8.87. The second kappa shape index (κ2) is 6.66. The standard InChI is InChI=1S/C9H13N2O9PS/c12-4-3-6(11-2-1-5(13)10-9(11)15)19-7(4)8(14)20-22-21(16,17)18/h1-2,4,6-8,12,14H,3H2,(H3-,10,13,15,16,17,18)/t4-,6+,7-,8?/m0/s1. The minimum atomic E-state index is -4.56. The van der Waals surface area contributed by atoms with Gasteiger partial charge in [-0.25, -0.2) is 4.79 Å². The fraction of sp³-hybridized carbons (Fsp3) is 0.556. The highest BCUT2D eigenvalue weighted by molar-refractivity contribution is 8.13. The molecule has 0 bridgehead atoms. The van der Waals surface area contributed by atoms with Gasteiger partial charge in [-0.15, -0.1) is 0 Å². The van der Waals surface area contributed by atoms with Gasteiger partial charge in [-0.1, -0.05) is 4.18 Å². The second-order valence-electron chi connectivity index (χ2n) is 4.43. The van der Waals surface area contributed by atoms with E-state index >= 15 is 0 Å². The van der Waals surface area contributed by atoms with Crippen LogP contribution >= 0.6 is 6.72 Å². The molecule has 0 saturated carbocycles. The topological polar surface area (TPSA) is 177 Å². The number of aromatic nitrogens is 2. The third-order valence-corrected chi connectivity index (χ3v) is 4.14. The van der Waals surface area contributed by atoms with Crippen LogP contribution in [-0.2, 0) is 20.1 Å². The van der Waals surface area contributed by atoms with Crippen molar-refractivity contribution in [3.05, 3.63) is 33.1 Å². The molecule has 0 aliphatic carbocycles. The van der Waals surface area contributed by atoms with Gasteiger partial charge in [0.1, 0.15) is 12.3 Å². The van der Waals surface area contributed by atoms with E-state index in [0.29, 0.717) is 0 Å². The lowest BCUT2D eigenvalue weighted by molar-refractivity contribution is -0.197. The molecule has 1 fully saturated rings. The summed E-state index contributed by atoms with van der Waals surface area (Å²) in [5.41, 5.74) is -1.36. The maximum Gasteiger partial charge on any atom is 0.402 e. The van der Waals surface area contributed by atoms with Gasteiger partial charge in [-0.2, -0.15) is 0 Å². The predicted octanol–water partition coefficient (Wildman–Crippen LogP) is -3.46. The number of nitrogens with zero attached hydrogens (tertiary/aromatic N) is 1. The summed E-state index contributed by atoms with van der Waals surface area (Å²) in [4.78, 5) is 52.5. The number of rotatable bonds is 4. The van der Waals surface area contributed by atoms with Crippen LogP contribution in [0.15, 0.2) is 21.9 Å². The molecule has 0 radical (unpaired) electrons. The average molecular weight is 356 g/mol. The molecule has 1 unspecified atom stereocenters. The molecular weight excluding hydrogens is 343 g/mol. The summed E-state index contributed by atoms with van der Waals surface area (Å²) in [6.45, 7) is -4.56. The smallest absolute Gasteiger partial charge is 0.402 e. The molecule has 13 heteroatoms. The zero-order valence-electron chi connectivity index (χ0n) is 10.8. The van der Waals surface area contributed by atoms with Gasteiger partial charge < -0.3 is 29.6 Å². The first-order valence-electron chi connectivity index (χ1n) is 5.91. The minimum Gasteiger partial charge on any atom is -0.739 e. The first kappa shape index (κ1) is 17.4. The highest BCUT2D eigenvalue weighted by atomic mass is 32.5. The van der Waals surface area contributed by atoms with Crippen LogP contribution in [0.2, 0.25) is 0 Å². The number of H-pyrrole nitrogens is 1. The molecule has 4 atom stereocenters. The largest absolute Gasteiger partial charge is 0.739 e. The lowest BCUT2D eigenvalue weighted by Crippen LogP contribution is -2.36. The summed E-state index contributed by atoms with van der Waals surface area (Å²) in [6, 6.07) is 1.08. The first-order chi connectivity index (χ1) is 10.2. The van der Waals surface area contributed by atoms with Gasteiger partial charge in [0, 0.05) is 18.7 Å². The highest BCUT2D eigenvalue weighted by Crippen LogP contribution is 2.31. The molecule has 1 aliphatic heterocycles. The van der Waals surface area contributed by atoms with Gasteiger partial charge in [-0.3, -0.25) is 14.3 Å². The van der Waals surface area contributed by atoms with E-state index in [1.54, 1.807) is 0 Å². The molecule has 1 aliphatic rings. The van der Waals surface area contributed by atoms with Crippen molar-refractivity contribution >= 4 is 17.9 Å². The van der Waals surface area contributed by atoms with Crippen molar-refractivity contribution in [3.63, 3.8) is 0 Å². The van der Waals surface area contributed by atoms with E-state index in [0.717, 1.165) is 10.6 Å². The van der Waals surface area contributed by atoms with Crippen LogP contribution in [0, 0.1) is 0 Å². The molecule has 0 spiro atoms.